The van der Waals surface area contributed by atoms with E-state index >= 15 is 0 Å². The maximum absolute atomic E-state index is 12.8. The van der Waals surface area contributed by atoms with Crippen molar-refractivity contribution >= 4 is 10.9 Å². The monoisotopic (exact) mass is 470 g/mol. The molecule has 5 nitrogen and oxygen atoms in total. The number of hydrogen-bond donors (Lipinski definition) is 0. The summed E-state index contributed by atoms with van der Waals surface area (Å²) in [4.78, 5) is 18.4. The van der Waals surface area contributed by atoms with Gasteiger partial charge in [-0.2, -0.15) is 13.2 Å². The second-order valence-corrected chi connectivity index (χ2v) is 8.60. The Kier molecular flexibility index (Phi) is 5.51. The van der Waals surface area contributed by atoms with E-state index < -0.39 is 11.9 Å². The number of alkyl halides is 4. The summed E-state index contributed by atoms with van der Waals surface area (Å²) in [7, 11) is 1.96. The van der Waals surface area contributed by atoms with Crippen molar-refractivity contribution in [1.82, 2.24) is 19.0 Å². The first-order chi connectivity index (χ1) is 16.2. The van der Waals surface area contributed by atoms with Crippen LogP contribution < -0.4 is 5.56 Å². The van der Waals surface area contributed by atoms with Crippen LogP contribution in [0.15, 0.2) is 65.8 Å². The van der Waals surface area contributed by atoms with Crippen molar-refractivity contribution in [3.05, 3.63) is 82.7 Å². The van der Waals surface area contributed by atoms with Crippen LogP contribution in [0.5, 0.6) is 0 Å². The first-order valence-electron chi connectivity index (χ1n) is 10.9. The number of hydrogen-bond acceptors (Lipinski definition) is 3. The lowest BCUT2D eigenvalue weighted by Gasteiger charge is -2.38. The number of likely N-dealkylation sites (tertiary alicyclic amines) is 1. The van der Waals surface area contributed by atoms with Gasteiger partial charge < -0.3 is 4.57 Å². The third-order valence-corrected chi connectivity index (χ3v) is 6.39. The molecule has 1 fully saturated rings. The third-order valence-electron chi connectivity index (χ3n) is 6.39. The zero-order valence-electron chi connectivity index (χ0n) is 18.4. The molecule has 0 unspecified atom stereocenters. The summed E-state index contributed by atoms with van der Waals surface area (Å²) < 4.78 is 54.3. The van der Waals surface area contributed by atoms with Crippen molar-refractivity contribution in [2.24, 2.45) is 7.05 Å². The second kappa shape index (κ2) is 8.39. The van der Waals surface area contributed by atoms with E-state index in [4.69, 9.17) is 0 Å². The smallest absolute Gasteiger partial charge is 0.350 e. The van der Waals surface area contributed by atoms with Crippen LogP contribution in [0.1, 0.15) is 17.2 Å². The Bertz CT molecular complexity index is 1400. The minimum absolute atomic E-state index is 0.299. The van der Waals surface area contributed by atoms with Gasteiger partial charge in [-0.3, -0.25) is 19.2 Å². The fraction of sp³-hybridized carbons (Fsp3) is 0.280. The lowest BCUT2D eigenvalue weighted by Crippen LogP contribution is -2.45. The van der Waals surface area contributed by atoms with Gasteiger partial charge in [0.15, 0.2) is 0 Å². The van der Waals surface area contributed by atoms with Gasteiger partial charge in [0, 0.05) is 68.2 Å². The van der Waals surface area contributed by atoms with Gasteiger partial charge >= 0.3 is 6.18 Å². The molecule has 0 bridgehead atoms. The topological polar surface area (TPSA) is 43.1 Å². The van der Waals surface area contributed by atoms with Gasteiger partial charge in [0.05, 0.1) is 11.2 Å². The Hall–Kier alpha value is -3.46. The van der Waals surface area contributed by atoms with Crippen molar-refractivity contribution in [2.45, 2.75) is 12.1 Å². The molecule has 5 rings (SSSR count). The summed E-state index contributed by atoms with van der Waals surface area (Å²) in [5.41, 5.74) is 2.55. The minimum Gasteiger partial charge on any atom is -0.350 e. The zero-order valence-corrected chi connectivity index (χ0v) is 18.4. The summed E-state index contributed by atoms with van der Waals surface area (Å²) in [6.45, 7) is 1.80. The van der Waals surface area contributed by atoms with Crippen LogP contribution in [-0.4, -0.2) is 45.3 Å². The van der Waals surface area contributed by atoms with Gasteiger partial charge in [-0.15, -0.1) is 0 Å². The molecule has 0 saturated carbocycles. The van der Waals surface area contributed by atoms with Gasteiger partial charge in [0.1, 0.15) is 12.4 Å². The van der Waals surface area contributed by atoms with Crippen LogP contribution in [0.2, 0.25) is 0 Å². The Labute approximate surface area is 192 Å². The third kappa shape index (κ3) is 4.00. The molecule has 9 heteroatoms. The molecule has 3 aromatic heterocycles. The normalized spacial score (nSPS) is 15.1. The number of pyridine rings is 2. The summed E-state index contributed by atoms with van der Waals surface area (Å²) in [6.07, 6.45) is 0.314. The lowest BCUT2D eigenvalue weighted by molar-refractivity contribution is -0.141. The van der Waals surface area contributed by atoms with Gasteiger partial charge in [-0.05, 0) is 35.4 Å². The fourth-order valence-corrected chi connectivity index (χ4v) is 4.55. The predicted molar refractivity (Wildman–Crippen MR) is 122 cm³/mol. The van der Waals surface area contributed by atoms with Crippen LogP contribution in [0, 0.1) is 0 Å². The zero-order chi connectivity index (χ0) is 24.0. The highest BCUT2D eigenvalue weighted by molar-refractivity contribution is 5.86. The van der Waals surface area contributed by atoms with Crippen molar-refractivity contribution < 1.29 is 17.6 Å². The molecule has 0 aliphatic carbocycles. The van der Waals surface area contributed by atoms with Crippen LogP contribution >= 0.6 is 0 Å². The number of rotatable bonds is 5. The van der Waals surface area contributed by atoms with Gasteiger partial charge in [-0.25, -0.2) is 4.39 Å². The van der Waals surface area contributed by atoms with Crippen molar-refractivity contribution in [3.63, 3.8) is 0 Å². The van der Waals surface area contributed by atoms with E-state index in [2.05, 4.69) is 16.1 Å². The summed E-state index contributed by atoms with van der Waals surface area (Å²) in [5, 5.41) is 1.11. The highest BCUT2D eigenvalue weighted by Gasteiger charge is 2.32. The van der Waals surface area contributed by atoms with E-state index in [-0.39, 0.29) is 12.2 Å². The summed E-state index contributed by atoms with van der Waals surface area (Å²) in [5.74, 6) is 0.362. The van der Waals surface area contributed by atoms with Crippen LogP contribution in [0.4, 0.5) is 17.6 Å². The molecule has 1 aliphatic rings. The van der Waals surface area contributed by atoms with E-state index in [1.54, 1.807) is 12.3 Å². The molecule has 176 valence electrons. The van der Waals surface area contributed by atoms with Crippen LogP contribution in [0.25, 0.3) is 27.7 Å². The Balaban J connectivity index is 1.43. The number of fused-ring (bicyclic) bond motifs is 1. The average molecular weight is 470 g/mol. The molecule has 4 heterocycles. The second-order valence-electron chi connectivity index (χ2n) is 8.60. The largest absolute Gasteiger partial charge is 0.433 e. The highest BCUT2D eigenvalue weighted by Crippen LogP contribution is 2.34. The molecule has 34 heavy (non-hydrogen) atoms. The first-order valence-corrected chi connectivity index (χ1v) is 10.9. The fourth-order valence-electron chi connectivity index (χ4n) is 4.55. The number of halogens is 4. The maximum atomic E-state index is 12.8. The maximum Gasteiger partial charge on any atom is 0.433 e. The quantitative estimate of drug-likeness (QED) is 0.395. The van der Waals surface area contributed by atoms with Crippen molar-refractivity contribution in [3.8, 4) is 16.8 Å². The van der Waals surface area contributed by atoms with E-state index in [0.29, 0.717) is 29.3 Å². The molecule has 0 N–H and O–H groups in total. The van der Waals surface area contributed by atoms with Gasteiger partial charge in [-0.1, -0.05) is 12.1 Å². The highest BCUT2D eigenvalue weighted by atomic mass is 19.4. The lowest BCUT2D eigenvalue weighted by atomic mass is 9.91. The minimum atomic E-state index is -4.51. The van der Waals surface area contributed by atoms with E-state index in [9.17, 15) is 22.4 Å². The molecular formula is C25H22F4N4O. The Morgan fingerprint density at radius 3 is 2.50 bits per heavy atom. The average Bonchev–Trinajstić information content (AvgIpc) is 3.10. The van der Waals surface area contributed by atoms with Gasteiger partial charge in [0.25, 0.3) is 5.56 Å². The predicted octanol–water partition coefficient (Wildman–Crippen LogP) is 4.78. The molecule has 4 aromatic rings. The number of nitrogens with zero attached hydrogens (tertiary/aromatic N) is 4. The Morgan fingerprint density at radius 2 is 1.85 bits per heavy atom. The summed E-state index contributed by atoms with van der Waals surface area (Å²) in [6, 6.07) is 11.1. The molecule has 1 aromatic carbocycles. The molecule has 1 saturated heterocycles. The molecule has 0 spiro atoms. The van der Waals surface area contributed by atoms with Crippen LogP contribution in [0.3, 0.4) is 0 Å². The van der Waals surface area contributed by atoms with E-state index in [0.717, 1.165) is 36.3 Å². The van der Waals surface area contributed by atoms with Crippen LogP contribution in [-0.2, 0) is 13.2 Å². The molecule has 0 amide bonds. The SMILES string of the molecule is Cn1cc(C2CN(CCF)C2)c2ccc(-n3ccc(-c4ccc(C(F)(F)F)nc4)cc3=O)cc21. The molecule has 1 aliphatic heterocycles. The van der Waals surface area contributed by atoms with Crippen molar-refractivity contribution in [2.75, 3.05) is 26.3 Å². The Morgan fingerprint density at radius 1 is 1.06 bits per heavy atom. The number of benzene rings is 1. The number of aromatic nitrogens is 3. The summed E-state index contributed by atoms with van der Waals surface area (Å²) >= 11 is 0. The standard InChI is InChI=1S/C25H22F4N4O/c1-31-15-21(18-13-32(14-18)9-7-26)20-4-3-19(11-22(20)31)33-8-6-16(10-24(33)34)17-2-5-23(30-12-17)25(27,28)29/h2-6,8,10-12,15,18H,7,9,13-14H2,1H3. The van der Waals surface area contributed by atoms with E-state index in [1.807, 2.05) is 29.8 Å². The first kappa shape index (κ1) is 22.3. The van der Waals surface area contributed by atoms with E-state index in [1.165, 1.54) is 22.3 Å². The molecule has 0 atom stereocenters. The number of aryl methyl sites for hydroxylation is 1. The van der Waals surface area contributed by atoms with Gasteiger partial charge in [0.2, 0.25) is 0 Å². The molecular weight excluding hydrogens is 448 g/mol. The van der Waals surface area contributed by atoms with Crippen molar-refractivity contribution in [1.29, 1.82) is 0 Å². The molecule has 0 radical (unpaired) electrons.